The van der Waals surface area contributed by atoms with Crippen LogP contribution >= 0.6 is 11.6 Å². The van der Waals surface area contributed by atoms with Gasteiger partial charge in [-0.05, 0) is 48.5 Å². The van der Waals surface area contributed by atoms with Gasteiger partial charge in [0.05, 0.1) is 23.1 Å². The lowest BCUT2D eigenvalue weighted by atomic mass is 10.2. The lowest BCUT2D eigenvalue weighted by molar-refractivity contribution is -0.116. The van der Waals surface area contributed by atoms with Crippen molar-refractivity contribution in [2.24, 2.45) is 0 Å². The van der Waals surface area contributed by atoms with Gasteiger partial charge in [0.15, 0.2) is 0 Å². The molecule has 1 amide bonds. The Morgan fingerprint density at radius 1 is 1.06 bits per heavy atom. The van der Waals surface area contributed by atoms with Crippen LogP contribution in [0.25, 0.3) is 0 Å². The molecule has 0 saturated heterocycles. The Labute approximate surface area is 184 Å². The van der Waals surface area contributed by atoms with Gasteiger partial charge in [0.2, 0.25) is 15.9 Å². The number of rotatable bonds is 7. The molecule has 0 spiro atoms. The summed E-state index contributed by atoms with van der Waals surface area (Å²) in [5.74, 6) is -1.22. The van der Waals surface area contributed by atoms with Gasteiger partial charge in [-0.15, -0.1) is 0 Å². The molecule has 3 rings (SSSR count). The number of carbonyl (C=O) groups excluding carboxylic acids is 1. The molecule has 6 nitrogen and oxygen atoms in total. The van der Waals surface area contributed by atoms with Crippen LogP contribution in [0.5, 0.6) is 0 Å². The number of sulfonamides is 1. The smallest absolute Gasteiger partial charge is 0.243 e. The number of halogens is 2. The molecule has 0 radical (unpaired) electrons. The molecule has 0 fully saturated rings. The number of carbonyl (C=O) groups is 1. The normalized spacial score (nSPS) is 11.2. The standard InChI is InChI=1S/C22H17ClFN3O3S/c23-18-8-10-20(11-9-18)31(29,30)27(14-17-5-1-2-7-21(17)24)15-22(28)26-19-6-3-4-16(12-19)13-25/h1-12H,14-15H2,(H,26,28). The van der Waals surface area contributed by atoms with Gasteiger partial charge in [-0.1, -0.05) is 35.9 Å². The van der Waals surface area contributed by atoms with Crippen molar-refractivity contribution in [3.63, 3.8) is 0 Å². The molecule has 0 saturated carbocycles. The van der Waals surface area contributed by atoms with Crippen molar-refractivity contribution in [3.8, 4) is 6.07 Å². The molecule has 158 valence electrons. The fourth-order valence-electron chi connectivity index (χ4n) is 2.83. The third-order valence-electron chi connectivity index (χ3n) is 4.35. The van der Waals surface area contributed by atoms with Crippen molar-refractivity contribution >= 4 is 33.2 Å². The lowest BCUT2D eigenvalue weighted by Crippen LogP contribution is -2.37. The van der Waals surface area contributed by atoms with Gasteiger partial charge in [-0.3, -0.25) is 4.79 Å². The summed E-state index contributed by atoms with van der Waals surface area (Å²) >= 11 is 5.85. The Bertz CT molecular complexity index is 1240. The number of nitriles is 1. The van der Waals surface area contributed by atoms with E-state index in [0.29, 0.717) is 16.3 Å². The van der Waals surface area contributed by atoms with Crippen LogP contribution in [-0.2, 0) is 21.4 Å². The van der Waals surface area contributed by atoms with Gasteiger partial charge in [-0.2, -0.15) is 9.57 Å². The molecule has 0 bridgehead atoms. The second-order valence-corrected chi connectivity index (χ2v) is 8.93. The fourth-order valence-corrected chi connectivity index (χ4v) is 4.33. The molecule has 0 heterocycles. The number of hydrogen-bond donors (Lipinski definition) is 1. The van der Waals surface area contributed by atoms with Crippen LogP contribution in [0.2, 0.25) is 5.02 Å². The van der Waals surface area contributed by atoms with Crippen molar-refractivity contribution in [1.29, 1.82) is 5.26 Å². The van der Waals surface area contributed by atoms with Crippen molar-refractivity contribution in [2.75, 3.05) is 11.9 Å². The number of nitrogens with zero attached hydrogens (tertiary/aromatic N) is 2. The van der Waals surface area contributed by atoms with E-state index < -0.39 is 28.3 Å². The highest BCUT2D eigenvalue weighted by Gasteiger charge is 2.27. The first kappa shape index (κ1) is 22.4. The average molecular weight is 458 g/mol. The summed E-state index contributed by atoms with van der Waals surface area (Å²) in [6, 6.07) is 19.4. The Balaban J connectivity index is 1.89. The van der Waals surface area contributed by atoms with Crippen LogP contribution in [0.4, 0.5) is 10.1 Å². The van der Waals surface area contributed by atoms with Gasteiger partial charge in [0.25, 0.3) is 0 Å². The largest absolute Gasteiger partial charge is 0.325 e. The van der Waals surface area contributed by atoms with Crippen LogP contribution in [0.1, 0.15) is 11.1 Å². The predicted molar refractivity (Wildman–Crippen MR) is 115 cm³/mol. The molecule has 31 heavy (non-hydrogen) atoms. The Morgan fingerprint density at radius 2 is 1.77 bits per heavy atom. The molecule has 0 aliphatic rings. The SMILES string of the molecule is N#Cc1cccc(NC(=O)CN(Cc2ccccc2F)S(=O)(=O)c2ccc(Cl)cc2)c1. The van der Waals surface area contributed by atoms with Crippen molar-refractivity contribution in [2.45, 2.75) is 11.4 Å². The van der Waals surface area contributed by atoms with Crippen molar-refractivity contribution in [3.05, 3.63) is 94.8 Å². The van der Waals surface area contributed by atoms with Crippen LogP contribution in [0.15, 0.2) is 77.7 Å². The summed E-state index contributed by atoms with van der Waals surface area (Å²) in [7, 11) is -4.14. The number of anilines is 1. The van der Waals surface area contributed by atoms with Crippen LogP contribution in [0.3, 0.4) is 0 Å². The summed E-state index contributed by atoms with van der Waals surface area (Å²) in [4.78, 5) is 12.5. The van der Waals surface area contributed by atoms with Crippen LogP contribution in [0, 0.1) is 17.1 Å². The van der Waals surface area contributed by atoms with Gasteiger partial charge in [0.1, 0.15) is 5.82 Å². The molecular formula is C22H17ClFN3O3S. The molecule has 0 atom stereocenters. The zero-order chi connectivity index (χ0) is 22.4. The third-order valence-corrected chi connectivity index (χ3v) is 6.41. The molecule has 9 heteroatoms. The zero-order valence-electron chi connectivity index (χ0n) is 16.1. The maximum atomic E-state index is 14.2. The first-order valence-corrected chi connectivity index (χ1v) is 10.9. The highest BCUT2D eigenvalue weighted by molar-refractivity contribution is 7.89. The average Bonchev–Trinajstić information content (AvgIpc) is 2.75. The molecule has 0 aromatic heterocycles. The minimum atomic E-state index is -4.14. The van der Waals surface area contributed by atoms with E-state index in [1.165, 1.54) is 48.5 Å². The number of benzene rings is 3. The van der Waals surface area contributed by atoms with Gasteiger partial charge >= 0.3 is 0 Å². The van der Waals surface area contributed by atoms with E-state index in [2.05, 4.69) is 5.32 Å². The van der Waals surface area contributed by atoms with E-state index in [1.54, 1.807) is 24.3 Å². The summed E-state index contributed by atoms with van der Waals surface area (Å²) < 4.78 is 41.4. The topological polar surface area (TPSA) is 90.3 Å². The molecule has 0 unspecified atom stereocenters. The second kappa shape index (κ2) is 9.71. The fraction of sp³-hybridized carbons (Fsp3) is 0.0909. The highest BCUT2D eigenvalue weighted by atomic mass is 35.5. The van der Waals surface area contributed by atoms with E-state index >= 15 is 0 Å². The van der Waals surface area contributed by atoms with Gasteiger partial charge < -0.3 is 5.32 Å². The summed E-state index contributed by atoms with van der Waals surface area (Å²) in [6.07, 6.45) is 0. The minimum absolute atomic E-state index is 0.0764. The first-order chi connectivity index (χ1) is 14.8. The van der Waals surface area contributed by atoms with E-state index in [4.69, 9.17) is 16.9 Å². The highest BCUT2D eigenvalue weighted by Crippen LogP contribution is 2.22. The Kier molecular flexibility index (Phi) is 7.02. The first-order valence-electron chi connectivity index (χ1n) is 9.09. The summed E-state index contributed by atoms with van der Waals surface area (Å²) in [6.45, 7) is -0.903. The monoisotopic (exact) mass is 457 g/mol. The Hall–Kier alpha value is -3.25. The predicted octanol–water partition coefficient (Wildman–Crippen LogP) is 4.18. The van der Waals surface area contributed by atoms with Crippen LogP contribution in [-0.4, -0.2) is 25.2 Å². The molecule has 0 aliphatic carbocycles. The summed E-state index contributed by atoms with van der Waals surface area (Å²) in [5, 5.41) is 11.9. The number of hydrogen-bond acceptors (Lipinski definition) is 4. The third kappa shape index (κ3) is 5.67. The maximum absolute atomic E-state index is 14.2. The van der Waals surface area contributed by atoms with Gasteiger partial charge in [-0.25, -0.2) is 12.8 Å². The summed E-state index contributed by atoms with van der Waals surface area (Å²) in [5.41, 5.74) is 0.813. The van der Waals surface area contributed by atoms with E-state index in [0.717, 1.165) is 4.31 Å². The van der Waals surface area contributed by atoms with E-state index in [9.17, 15) is 17.6 Å². The number of nitrogens with one attached hydrogen (secondary N) is 1. The lowest BCUT2D eigenvalue weighted by Gasteiger charge is -2.22. The zero-order valence-corrected chi connectivity index (χ0v) is 17.7. The Morgan fingerprint density at radius 3 is 2.45 bits per heavy atom. The van der Waals surface area contributed by atoms with Crippen molar-refractivity contribution < 1.29 is 17.6 Å². The molecule has 1 N–H and O–H groups in total. The van der Waals surface area contributed by atoms with Crippen LogP contribution < -0.4 is 5.32 Å². The number of amides is 1. The molecular weight excluding hydrogens is 441 g/mol. The van der Waals surface area contributed by atoms with E-state index in [1.807, 2.05) is 6.07 Å². The minimum Gasteiger partial charge on any atom is -0.325 e. The second-order valence-electron chi connectivity index (χ2n) is 6.56. The van der Waals surface area contributed by atoms with Gasteiger partial charge in [0, 0.05) is 22.8 Å². The van der Waals surface area contributed by atoms with Crippen molar-refractivity contribution in [1.82, 2.24) is 4.31 Å². The molecule has 0 aliphatic heterocycles. The molecule has 3 aromatic carbocycles. The molecule has 3 aromatic rings. The van der Waals surface area contributed by atoms with E-state index in [-0.39, 0.29) is 17.0 Å². The maximum Gasteiger partial charge on any atom is 0.243 e. The quantitative estimate of drug-likeness (QED) is 0.576.